The molecule has 1 heterocycles. The van der Waals surface area contributed by atoms with Crippen molar-refractivity contribution in [3.63, 3.8) is 0 Å². The molecule has 1 aromatic heterocycles. The molecule has 2 aromatic rings. The van der Waals surface area contributed by atoms with Crippen LogP contribution in [-0.2, 0) is 13.1 Å². The van der Waals surface area contributed by atoms with E-state index in [9.17, 15) is 0 Å². The molecule has 0 amide bonds. The van der Waals surface area contributed by atoms with E-state index in [2.05, 4.69) is 20.6 Å². The average Bonchev–Trinajstić information content (AvgIpc) is 2.80. The van der Waals surface area contributed by atoms with Gasteiger partial charge in [-0.25, -0.2) is 4.98 Å². The van der Waals surface area contributed by atoms with Gasteiger partial charge < -0.3 is 24.8 Å². The number of pyridine rings is 1. The fourth-order valence-corrected chi connectivity index (χ4v) is 3.56. The van der Waals surface area contributed by atoms with Crippen molar-refractivity contribution in [2.75, 3.05) is 21.3 Å². The molecule has 7 nitrogen and oxygen atoms in total. The van der Waals surface area contributed by atoms with Crippen LogP contribution in [0.5, 0.6) is 17.4 Å². The summed E-state index contributed by atoms with van der Waals surface area (Å²) in [5.74, 6) is 2.85. The summed E-state index contributed by atoms with van der Waals surface area (Å²) in [4.78, 5) is 8.67. The van der Waals surface area contributed by atoms with Gasteiger partial charge in [-0.05, 0) is 55.0 Å². The van der Waals surface area contributed by atoms with Crippen molar-refractivity contribution in [3.05, 3.63) is 47.7 Å². The Hall–Kier alpha value is -2.96. The van der Waals surface area contributed by atoms with Crippen LogP contribution in [0.15, 0.2) is 41.5 Å². The minimum Gasteiger partial charge on any atom is -0.493 e. The maximum Gasteiger partial charge on any atom is 0.213 e. The van der Waals surface area contributed by atoms with Crippen LogP contribution >= 0.6 is 0 Å². The smallest absolute Gasteiger partial charge is 0.213 e. The molecule has 1 aliphatic carbocycles. The van der Waals surface area contributed by atoms with Crippen LogP contribution in [0.4, 0.5) is 0 Å². The van der Waals surface area contributed by atoms with Gasteiger partial charge in [0, 0.05) is 32.4 Å². The molecule has 162 valence electrons. The molecule has 3 rings (SSSR count). The second kappa shape index (κ2) is 11.3. The summed E-state index contributed by atoms with van der Waals surface area (Å²) in [7, 11) is 5.02. The largest absolute Gasteiger partial charge is 0.493 e. The molecule has 0 saturated heterocycles. The highest BCUT2D eigenvalue weighted by Crippen LogP contribution is 2.27. The van der Waals surface area contributed by atoms with E-state index in [-0.39, 0.29) is 0 Å². The van der Waals surface area contributed by atoms with Crippen molar-refractivity contribution < 1.29 is 14.2 Å². The Morgan fingerprint density at radius 1 is 0.967 bits per heavy atom. The minimum absolute atomic E-state index is 0.297. The zero-order chi connectivity index (χ0) is 21.2. The highest BCUT2D eigenvalue weighted by molar-refractivity contribution is 5.79. The molecule has 0 bridgehead atoms. The van der Waals surface area contributed by atoms with Gasteiger partial charge in [-0.15, -0.1) is 0 Å². The number of benzene rings is 1. The van der Waals surface area contributed by atoms with Crippen molar-refractivity contribution in [3.8, 4) is 17.4 Å². The summed E-state index contributed by atoms with van der Waals surface area (Å²) in [5, 5.41) is 6.66. The lowest BCUT2D eigenvalue weighted by molar-refractivity contribution is 0.148. The van der Waals surface area contributed by atoms with E-state index in [1.54, 1.807) is 27.5 Å². The number of methoxy groups -OCH3 is 2. The Balaban J connectivity index is 1.51. The fourth-order valence-electron chi connectivity index (χ4n) is 3.56. The molecule has 0 aliphatic heterocycles. The van der Waals surface area contributed by atoms with Crippen molar-refractivity contribution in [1.29, 1.82) is 0 Å². The van der Waals surface area contributed by atoms with Gasteiger partial charge in [0.15, 0.2) is 17.5 Å². The molecular weight excluding hydrogens is 380 g/mol. The van der Waals surface area contributed by atoms with E-state index in [0.29, 0.717) is 36.6 Å². The Morgan fingerprint density at radius 2 is 1.67 bits per heavy atom. The summed E-state index contributed by atoms with van der Waals surface area (Å²) >= 11 is 0. The lowest BCUT2D eigenvalue weighted by Crippen LogP contribution is -2.36. The second-order valence-corrected chi connectivity index (χ2v) is 7.35. The van der Waals surface area contributed by atoms with Crippen LogP contribution in [0.2, 0.25) is 0 Å². The molecule has 30 heavy (non-hydrogen) atoms. The fraction of sp³-hybridized carbons (Fsp3) is 0.478. The molecule has 0 atom stereocenters. The highest BCUT2D eigenvalue weighted by Gasteiger charge is 2.15. The predicted molar refractivity (Wildman–Crippen MR) is 118 cm³/mol. The molecule has 1 fully saturated rings. The molecule has 7 heteroatoms. The van der Waals surface area contributed by atoms with E-state index in [1.165, 1.54) is 19.3 Å². The van der Waals surface area contributed by atoms with Gasteiger partial charge >= 0.3 is 0 Å². The van der Waals surface area contributed by atoms with Crippen molar-refractivity contribution in [1.82, 2.24) is 15.6 Å². The van der Waals surface area contributed by atoms with Gasteiger partial charge in [0.1, 0.15) is 6.10 Å². The summed E-state index contributed by atoms with van der Waals surface area (Å²) in [6.45, 7) is 1.25. The number of rotatable bonds is 8. The Morgan fingerprint density at radius 3 is 2.33 bits per heavy atom. The van der Waals surface area contributed by atoms with Gasteiger partial charge in [-0.3, -0.25) is 4.99 Å². The van der Waals surface area contributed by atoms with E-state index >= 15 is 0 Å². The number of aromatic nitrogens is 1. The topological polar surface area (TPSA) is 77.0 Å². The summed E-state index contributed by atoms with van der Waals surface area (Å²) < 4.78 is 16.7. The summed E-state index contributed by atoms with van der Waals surface area (Å²) in [5.41, 5.74) is 2.17. The monoisotopic (exact) mass is 412 g/mol. The molecule has 0 spiro atoms. The third kappa shape index (κ3) is 6.27. The third-order valence-corrected chi connectivity index (χ3v) is 5.23. The number of guanidine groups is 1. The normalized spacial score (nSPS) is 14.8. The molecular formula is C23H32N4O3. The maximum absolute atomic E-state index is 6.07. The number of hydrogen-bond donors (Lipinski definition) is 2. The van der Waals surface area contributed by atoms with Gasteiger partial charge in [0.25, 0.3) is 0 Å². The number of ether oxygens (including phenoxy) is 3. The first-order chi connectivity index (χ1) is 14.7. The van der Waals surface area contributed by atoms with Gasteiger partial charge in [0.2, 0.25) is 5.88 Å². The number of aliphatic imine (C=N–C) groups is 1. The Kier molecular flexibility index (Phi) is 8.18. The van der Waals surface area contributed by atoms with Crippen LogP contribution in [0.1, 0.15) is 43.2 Å². The molecule has 0 unspecified atom stereocenters. The van der Waals surface area contributed by atoms with E-state index in [1.807, 2.05) is 30.3 Å². The minimum atomic E-state index is 0.297. The second-order valence-electron chi connectivity index (χ2n) is 7.35. The predicted octanol–water partition coefficient (Wildman–Crippen LogP) is 3.68. The molecule has 1 aliphatic rings. The van der Waals surface area contributed by atoms with Crippen LogP contribution in [0, 0.1) is 0 Å². The average molecular weight is 413 g/mol. The van der Waals surface area contributed by atoms with Crippen LogP contribution < -0.4 is 24.8 Å². The Labute approximate surface area is 178 Å². The number of hydrogen-bond acceptors (Lipinski definition) is 5. The summed E-state index contributed by atoms with van der Waals surface area (Å²) in [6.07, 6.45) is 8.14. The molecule has 0 radical (unpaired) electrons. The lowest BCUT2D eigenvalue weighted by Gasteiger charge is -2.22. The van der Waals surface area contributed by atoms with Gasteiger partial charge in [-0.2, -0.15) is 0 Å². The zero-order valence-corrected chi connectivity index (χ0v) is 18.1. The van der Waals surface area contributed by atoms with Crippen LogP contribution in [0.3, 0.4) is 0 Å². The first-order valence-electron chi connectivity index (χ1n) is 10.5. The molecule has 1 aromatic carbocycles. The third-order valence-electron chi connectivity index (χ3n) is 5.23. The lowest BCUT2D eigenvalue weighted by atomic mass is 9.98. The number of nitrogens with one attached hydrogen (secondary N) is 2. The number of nitrogens with zero attached hydrogens (tertiary/aromatic N) is 2. The Bertz CT molecular complexity index is 835. The standard InChI is InChI=1S/C23H32N4O3/c1-24-23(26-15-17-9-10-20(28-2)21(13-17)29-3)27-16-18-11-12-25-22(14-18)30-19-7-5-4-6-8-19/h9-14,19H,4-8,15-16H2,1-3H3,(H2,24,26,27). The van der Waals surface area contributed by atoms with E-state index in [4.69, 9.17) is 14.2 Å². The maximum atomic E-state index is 6.07. The SMILES string of the molecule is CN=C(NCc1ccnc(OC2CCCCC2)c1)NCc1ccc(OC)c(OC)c1. The van der Waals surface area contributed by atoms with Crippen molar-refractivity contribution in [2.45, 2.75) is 51.3 Å². The first kappa shape index (κ1) is 21.7. The van der Waals surface area contributed by atoms with Crippen molar-refractivity contribution in [2.24, 2.45) is 4.99 Å². The quantitative estimate of drug-likeness (QED) is 0.509. The van der Waals surface area contributed by atoms with Crippen molar-refractivity contribution >= 4 is 5.96 Å². The van der Waals surface area contributed by atoms with Crippen LogP contribution in [0.25, 0.3) is 0 Å². The van der Waals surface area contributed by atoms with Crippen LogP contribution in [-0.4, -0.2) is 38.3 Å². The zero-order valence-electron chi connectivity index (χ0n) is 18.1. The van der Waals surface area contributed by atoms with Gasteiger partial charge in [-0.1, -0.05) is 12.5 Å². The highest BCUT2D eigenvalue weighted by atomic mass is 16.5. The first-order valence-corrected chi connectivity index (χ1v) is 10.5. The van der Waals surface area contributed by atoms with E-state index < -0.39 is 0 Å². The molecule has 2 N–H and O–H groups in total. The summed E-state index contributed by atoms with van der Waals surface area (Å²) in [6, 6.07) is 9.85. The molecule has 1 saturated carbocycles. The van der Waals surface area contributed by atoms with E-state index in [0.717, 1.165) is 29.9 Å². The van der Waals surface area contributed by atoms with Gasteiger partial charge in [0.05, 0.1) is 14.2 Å².